The molecule has 1 aliphatic rings. The van der Waals surface area contributed by atoms with Crippen molar-refractivity contribution < 1.29 is 9.18 Å². The van der Waals surface area contributed by atoms with Crippen molar-refractivity contribution in [3.63, 3.8) is 0 Å². The second-order valence-corrected chi connectivity index (χ2v) is 5.40. The fourth-order valence-electron chi connectivity index (χ4n) is 2.67. The number of aryl methyl sites for hydroxylation is 1. The molecule has 0 spiro atoms. The third kappa shape index (κ3) is 3.77. The van der Waals surface area contributed by atoms with Crippen LogP contribution < -0.4 is 5.73 Å². The summed E-state index contributed by atoms with van der Waals surface area (Å²) in [6.45, 7) is 3.85. The maximum atomic E-state index is 13.1. The quantitative estimate of drug-likeness (QED) is 0.883. The summed E-state index contributed by atoms with van der Waals surface area (Å²) in [6, 6.07) is 7.14. The molecule has 1 aliphatic heterocycles. The van der Waals surface area contributed by atoms with Crippen molar-refractivity contribution in [2.24, 2.45) is 11.7 Å². The number of likely N-dealkylation sites (tertiary alicyclic amines) is 1. The fourth-order valence-corrected chi connectivity index (χ4v) is 2.67. The van der Waals surface area contributed by atoms with E-state index in [-0.39, 0.29) is 17.6 Å². The van der Waals surface area contributed by atoms with E-state index < -0.39 is 0 Å². The van der Waals surface area contributed by atoms with E-state index in [0.29, 0.717) is 6.04 Å². The van der Waals surface area contributed by atoms with Crippen LogP contribution in [0.2, 0.25) is 0 Å². The first-order valence-corrected chi connectivity index (χ1v) is 6.84. The first-order valence-electron chi connectivity index (χ1n) is 6.84. The molecule has 4 heteroatoms. The number of hydrogen-bond acceptors (Lipinski definition) is 2. The van der Waals surface area contributed by atoms with Gasteiger partial charge in [-0.3, -0.25) is 9.69 Å². The zero-order valence-corrected chi connectivity index (χ0v) is 11.3. The van der Waals surface area contributed by atoms with Gasteiger partial charge in [-0.1, -0.05) is 12.1 Å². The van der Waals surface area contributed by atoms with Crippen LogP contribution in [0.4, 0.5) is 4.39 Å². The minimum atomic E-state index is -0.195. The Hall–Kier alpha value is -1.42. The van der Waals surface area contributed by atoms with E-state index in [0.717, 1.165) is 37.9 Å². The summed E-state index contributed by atoms with van der Waals surface area (Å²) < 4.78 is 13.1. The van der Waals surface area contributed by atoms with Gasteiger partial charge in [0.25, 0.3) is 0 Å². The molecule has 2 atom stereocenters. The third-order valence-corrected chi connectivity index (χ3v) is 3.99. The highest BCUT2D eigenvalue weighted by atomic mass is 19.1. The van der Waals surface area contributed by atoms with Crippen LogP contribution in [0.15, 0.2) is 24.3 Å². The van der Waals surface area contributed by atoms with Crippen molar-refractivity contribution in [2.75, 3.05) is 13.1 Å². The van der Waals surface area contributed by atoms with Crippen LogP contribution in [0.25, 0.3) is 0 Å². The molecule has 0 radical (unpaired) electrons. The molecule has 19 heavy (non-hydrogen) atoms. The molecule has 0 saturated carbocycles. The molecule has 1 heterocycles. The molecular formula is C15H21FN2O. The maximum absolute atomic E-state index is 13.1. The lowest BCUT2D eigenvalue weighted by atomic mass is 10.1. The van der Waals surface area contributed by atoms with Crippen LogP contribution in [0.1, 0.15) is 25.3 Å². The number of halogens is 1. The lowest BCUT2D eigenvalue weighted by Crippen LogP contribution is -2.33. The van der Waals surface area contributed by atoms with Crippen molar-refractivity contribution in [3.05, 3.63) is 35.6 Å². The maximum Gasteiger partial charge on any atom is 0.221 e. The van der Waals surface area contributed by atoms with Crippen molar-refractivity contribution >= 4 is 5.91 Å². The van der Waals surface area contributed by atoms with Crippen LogP contribution in [0, 0.1) is 11.7 Å². The Balaban J connectivity index is 1.82. The summed E-state index contributed by atoms with van der Waals surface area (Å²) in [7, 11) is 0. The highest BCUT2D eigenvalue weighted by Gasteiger charge is 2.28. The van der Waals surface area contributed by atoms with E-state index in [9.17, 15) is 9.18 Å². The summed E-state index contributed by atoms with van der Waals surface area (Å²) in [4.78, 5) is 13.4. The summed E-state index contributed by atoms with van der Waals surface area (Å²) in [5.74, 6) is -0.378. The van der Waals surface area contributed by atoms with Gasteiger partial charge in [-0.05, 0) is 50.4 Å². The molecule has 1 aromatic rings. The average Bonchev–Trinajstić information content (AvgIpc) is 2.86. The van der Waals surface area contributed by atoms with Gasteiger partial charge < -0.3 is 5.73 Å². The lowest BCUT2D eigenvalue weighted by molar-refractivity contribution is -0.121. The summed E-state index contributed by atoms with van der Waals surface area (Å²) in [5.41, 5.74) is 6.36. The van der Waals surface area contributed by atoms with E-state index in [4.69, 9.17) is 5.73 Å². The summed E-state index contributed by atoms with van der Waals surface area (Å²) >= 11 is 0. The fraction of sp³-hybridized carbons (Fsp3) is 0.533. The van der Waals surface area contributed by atoms with E-state index in [1.807, 2.05) is 6.07 Å². The number of rotatable bonds is 5. The van der Waals surface area contributed by atoms with Gasteiger partial charge in [0.2, 0.25) is 5.91 Å². The third-order valence-electron chi connectivity index (χ3n) is 3.99. The second kappa shape index (κ2) is 6.15. The molecule has 104 valence electrons. The molecule has 0 unspecified atom stereocenters. The smallest absolute Gasteiger partial charge is 0.221 e. The number of nitrogens with zero attached hydrogens (tertiary/aromatic N) is 1. The molecule has 1 aromatic carbocycles. The normalized spacial score (nSPS) is 21.5. The average molecular weight is 264 g/mol. The molecule has 2 N–H and O–H groups in total. The van der Waals surface area contributed by atoms with Gasteiger partial charge in [-0.15, -0.1) is 0 Å². The Kier molecular flexibility index (Phi) is 4.53. The van der Waals surface area contributed by atoms with Gasteiger partial charge in [-0.2, -0.15) is 0 Å². The van der Waals surface area contributed by atoms with Crippen molar-refractivity contribution in [3.8, 4) is 0 Å². The van der Waals surface area contributed by atoms with Gasteiger partial charge in [0.05, 0.1) is 5.92 Å². The molecule has 1 fully saturated rings. The van der Waals surface area contributed by atoms with E-state index in [1.54, 1.807) is 12.1 Å². The number of amides is 1. The molecule has 0 aliphatic carbocycles. The van der Waals surface area contributed by atoms with Gasteiger partial charge >= 0.3 is 0 Å². The van der Waals surface area contributed by atoms with Crippen LogP contribution in [-0.2, 0) is 11.2 Å². The summed E-state index contributed by atoms with van der Waals surface area (Å²) in [5, 5.41) is 0. The second-order valence-electron chi connectivity index (χ2n) is 5.40. The number of benzene rings is 1. The number of carbonyl (C=O) groups excluding carboxylic acids is 1. The monoisotopic (exact) mass is 264 g/mol. The zero-order chi connectivity index (χ0) is 13.8. The predicted octanol–water partition coefficient (Wildman–Crippen LogP) is 1.95. The first-order chi connectivity index (χ1) is 9.06. The van der Waals surface area contributed by atoms with Crippen LogP contribution in [-0.4, -0.2) is 29.9 Å². The highest BCUT2D eigenvalue weighted by molar-refractivity contribution is 5.77. The predicted molar refractivity (Wildman–Crippen MR) is 73.1 cm³/mol. The van der Waals surface area contributed by atoms with Crippen molar-refractivity contribution in [1.29, 1.82) is 0 Å². The standard InChI is InChI=1S/C15H21FN2O/c1-11(18-8-7-13(10-18)15(17)19)5-6-12-3-2-4-14(16)9-12/h2-4,9,11,13H,5-8,10H2,1H3,(H2,17,19)/t11-,13-/m1/s1. The van der Waals surface area contributed by atoms with Crippen molar-refractivity contribution in [2.45, 2.75) is 32.2 Å². The first kappa shape index (κ1) is 14.0. The zero-order valence-electron chi connectivity index (χ0n) is 11.3. The Morgan fingerprint density at radius 2 is 2.37 bits per heavy atom. The Labute approximate surface area is 113 Å². The number of hydrogen-bond donors (Lipinski definition) is 1. The van der Waals surface area contributed by atoms with Crippen LogP contribution in [0.5, 0.6) is 0 Å². The SMILES string of the molecule is C[C@H](CCc1cccc(F)c1)N1CC[C@@H](C(N)=O)C1. The topological polar surface area (TPSA) is 46.3 Å². The van der Waals surface area contributed by atoms with E-state index >= 15 is 0 Å². The molecule has 0 bridgehead atoms. The Bertz CT molecular complexity index is 450. The van der Waals surface area contributed by atoms with Gasteiger partial charge in [-0.25, -0.2) is 4.39 Å². The minimum Gasteiger partial charge on any atom is -0.369 e. The molecule has 1 amide bonds. The van der Waals surface area contributed by atoms with Gasteiger partial charge in [0.1, 0.15) is 5.82 Å². The van der Waals surface area contributed by atoms with E-state index in [2.05, 4.69) is 11.8 Å². The van der Waals surface area contributed by atoms with Gasteiger partial charge in [0.15, 0.2) is 0 Å². The van der Waals surface area contributed by atoms with Crippen molar-refractivity contribution in [1.82, 2.24) is 4.90 Å². The number of nitrogens with two attached hydrogens (primary N) is 1. The van der Waals surface area contributed by atoms with E-state index in [1.165, 1.54) is 6.07 Å². The van der Waals surface area contributed by atoms with Gasteiger partial charge in [0, 0.05) is 12.6 Å². The number of carbonyl (C=O) groups is 1. The van der Waals surface area contributed by atoms with Crippen LogP contribution in [0.3, 0.4) is 0 Å². The lowest BCUT2D eigenvalue weighted by Gasteiger charge is -2.24. The summed E-state index contributed by atoms with van der Waals surface area (Å²) in [6.07, 6.45) is 2.69. The number of primary amides is 1. The Morgan fingerprint density at radius 3 is 3.00 bits per heavy atom. The molecule has 0 aromatic heterocycles. The minimum absolute atomic E-state index is 0.00313. The molecule has 1 saturated heterocycles. The Morgan fingerprint density at radius 1 is 1.58 bits per heavy atom. The highest BCUT2D eigenvalue weighted by Crippen LogP contribution is 2.20. The molecular weight excluding hydrogens is 243 g/mol. The molecule has 3 nitrogen and oxygen atoms in total. The van der Waals surface area contributed by atoms with Crippen LogP contribution >= 0.6 is 0 Å². The largest absolute Gasteiger partial charge is 0.369 e. The molecule has 2 rings (SSSR count).